The molecule has 4 N–H and O–H groups in total. The fourth-order valence-corrected chi connectivity index (χ4v) is 1.44. The van der Waals surface area contributed by atoms with Crippen molar-refractivity contribution in [3.63, 3.8) is 0 Å². The van der Waals surface area contributed by atoms with Crippen molar-refractivity contribution in [1.82, 2.24) is 20.1 Å². The lowest BCUT2D eigenvalue weighted by atomic mass is 10.2. The number of nitrogen functional groups attached to an aromatic ring is 1. The molecule has 6 nitrogen and oxygen atoms in total. The largest absolute Gasteiger partial charge is 0.368 e. The highest BCUT2D eigenvalue weighted by Crippen LogP contribution is 2.01. The van der Waals surface area contributed by atoms with Gasteiger partial charge in [0.05, 0.1) is 0 Å². The number of H-pyrrole nitrogens is 1. The molecule has 1 amide bonds. The Bertz CT molecular complexity index is 410. The molecule has 0 bridgehead atoms. The van der Waals surface area contributed by atoms with Crippen LogP contribution in [-0.4, -0.2) is 26.7 Å². The molecular weight excluding hydrogens is 226 g/mol. The summed E-state index contributed by atoms with van der Waals surface area (Å²) in [5, 5.41) is 9.21. The van der Waals surface area contributed by atoms with Gasteiger partial charge in [-0.1, -0.05) is 6.92 Å². The molecule has 1 rings (SSSR count). The van der Waals surface area contributed by atoms with Crippen molar-refractivity contribution in [3.8, 4) is 0 Å². The van der Waals surface area contributed by atoms with E-state index in [2.05, 4.69) is 15.5 Å². The molecule has 16 heavy (non-hydrogen) atoms. The van der Waals surface area contributed by atoms with Crippen molar-refractivity contribution < 1.29 is 4.79 Å². The van der Waals surface area contributed by atoms with E-state index < -0.39 is 0 Å². The van der Waals surface area contributed by atoms with E-state index in [9.17, 15) is 4.79 Å². The summed E-state index contributed by atoms with van der Waals surface area (Å²) in [6.45, 7) is 4.44. The zero-order chi connectivity index (χ0) is 12.1. The first-order valence-corrected chi connectivity index (χ1v) is 5.65. The SMILES string of the molecule is CCC(C)NC(=O)CCn1c(N)n[nH]c1=S. The van der Waals surface area contributed by atoms with Crippen LogP contribution in [0, 0.1) is 4.77 Å². The summed E-state index contributed by atoms with van der Waals surface area (Å²) in [6, 6.07) is 0.196. The predicted octanol–water partition coefficient (Wildman–Crippen LogP) is 0.828. The third-order valence-corrected chi connectivity index (χ3v) is 2.68. The van der Waals surface area contributed by atoms with Crippen molar-refractivity contribution in [2.75, 3.05) is 5.73 Å². The first kappa shape index (κ1) is 12.7. The van der Waals surface area contributed by atoms with Crippen LogP contribution in [0.25, 0.3) is 0 Å². The van der Waals surface area contributed by atoms with E-state index >= 15 is 0 Å². The van der Waals surface area contributed by atoms with E-state index in [0.29, 0.717) is 23.7 Å². The molecule has 0 aliphatic heterocycles. The van der Waals surface area contributed by atoms with Crippen molar-refractivity contribution in [3.05, 3.63) is 4.77 Å². The maximum Gasteiger partial charge on any atom is 0.222 e. The fraction of sp³-hybridized carbons (Fsp3) is 0.667. The molecule has 1 heterocycles. The van der Waals surface area contributed by atoms with Gasteiger partial charge >= 0.3 is 0 Å². The van der Waals surface area contributed by atoms with Crippen LogP contribution in [0.15, 0.2) is 0 Å². The summed E-state index contributed by atoms with van der Waals surface area (Å²) in [5.41, 5.74) is 5.58. The Morgan fingerprint density at radius 2 is 2.44 bits per heavy atom. The number of nitrogens with one attached hydrogen (secondary N) is 2. The van der Waals surface area contributed by atoms with Gasteiger partial charge in [0.15, 0.2) is 4.77 Å². The fourth-order valence-electron chi connectivity index (χ4n) is 1.21. The van der Waals surface area contributed by atoms with Crippen LogP contribution < -0.4 is 11.1 Å². The number of carbonyl (C=O) groups excluding carboxylic acids is 1. The molecule has 0 radical (unpaired) electrons. The molecule has 7 heteroatoms. The molecule has 0 fully saturated rings. The summed E-state index contributed by atoms with van der Waals surface area (Å²) in [4.78, 5) is 11.5. The van der Waals surface area contributed by atoms with Crippen LogP contribution in [0.5, 0.6) is 0 Å². The maximum atomic E-state index is 11.5. The second kappa shape index (κ2) is 5.64. The summed E-state index contributed by atoms with van der Waals surface area (Å²) in [6.07, 6.45) is 1.27. The number of aromatic nitrogens is 3. The van der Waals surface area contributed by atoms with Crippen molar-refractivity contribution in [1.29, 1.82) is 0 Å². The minimum Gasteiger partial charge on any atom is -0.368 e. The van der Waals surface area contributed by atoms with E-state index in [1.165, 1.54) is 0 Å². The number of aromatic amines is 1. The number of hydrogen-bond acceptors (Lipinski definition) is 4. The number of anilines is 1. The lowest BCUT2D eigenvalue weighted by Crippen LogP contribution is -2.32. The van der Waals surface area contributed by atoms with Gasteiger partial charge in [-0.3, -0.25) is 9.36 Å². The van der Waals surface area contributed by atoms with Crippen molar-refractivity contribution in [2.45, 2.75) is 39.3 Å². The second-order valence-electron chi connectivity index (χ2n) is 3.67. The van der Waals surface area contributed by atoms with E-state index in [4.69, 9.17) is 18.0 Å². The highest BCUT2D eigenvalue weighted by Gasteiger charge is 2.07. The average molecular weight is 243 g/mol. The second-order valence-corrected chi connectivity index (χ2v) is 4.05. The van der Waals surface area contributed by atoms with Gasteiger partial charge in [-0.05, 0) is 25.6 Å². The Morgan fingerprint density at radius 1 is 1.75 bits per heavy atom. The molecule has 0 saturated heterocycles. The van der Waals surface area contributed by atoms with Gasteiger partial charge in [0.2, 0.25) is 11.9 Å². The standard InChI is InChI=1S/C9H17N5OS/c1-3-6(2)11-7(15)4-5-14-8(10)12-13-9(14)16/h6H,3-5H2,1-2H3,(H2,10,12)(H,11,15)(H,13,16). The Kier molecular flexibility index (Phi) is 4.48. The van der Waals surface area contributed by atoms with Crippen LogP contribution in [0.2, 0.25) is 0 Å². The number of amides is 1. The normalized spacial score (nSPS) is 12.4. The van der Waals surface area contributed by atoms with Gasteiger partial charge in [0.1, 0.15) is 0 Å². The number of nitrogens with two attached hydrogens (primary N) is 1. The Balaban J connectivity index is 2.46. The molecule has 90 valence electrons. The number of rotatable bonds is 5. The summed E-state index contributed by atoms with van der Waals surface area (Å²) in [5.74, 6) is 0.304. The Labute approximate surface area is 99.2 Å². The topological polar surface area (TPSA) is 88.7 Å². The lowest BCUT2D eigenvalue weighted by molar-refractivity contribution is -0.121. The summed E-state index contributed by atoms with van der Waals surface area (Å²) in [7, 11) is 0. The van der Waals surface area contributed by atoms with Crippen LogP contribution in [0.1, 0.15) is 26.7 Å². The van der Waals surface area contributed by atoms with Crippen molar-refractivity contribution >= 4 is 24.1 Å². The van der Waals surface area contributed by atoms with E-state index in [1.54, 1.807) is 4.57 Å². The van der Waals surface area contributed by atoms with E-state index in [0.717, 1.165) is 6.42 Å². The third kappa shape index (κ3) is 3.34. The van der Waals surface area contributed by atoms with E-state index in [-0.39, 0.29) is 11.9 Å². The Hall–Kier alpha value is -1.37. The average Bonchev–Trinajstić information content (AvgIpc) is 2.56. The van der Waals surface area contributed by atoms with Crippen LogP contribution in [0.4, 0.5) is 5.95 Å². The van der Waals surface area contributed by atoms with Crippen LogP contribution in [0.3, 0.4) is 0 Å². The summed E-state index contributed by atoms with van der Waals surface area (Å²) >= 11 is 4.97. The van der Waals surface area contributed by atoms with Gasteiger partial charge in [-0.2, -0.15) is 0 Å². The molecular formula is C9H17N5OS. The van der Waals surface area contributed by atoms with Gasteiger partial charge in [-0.25, -0.2) is 5.10 Å². The van der Waals surface area contributed by atoms with Crippen LogP contribution in [-0.2, 0) is 11.3 Å². The smallest absolute Gasteiger partial charge is 0.222 e. The number of nitrogens with zero attached hydrogens (tertiary/aromatic N) is 2. The minimum atomic E-state index is -0.00292. The molecule has 1 atom stereocenters. The van der Waals surface area contributed by atoms with Crippen molar-refractivity contribution in [2.24, 2.45) is 0 Å². The molecule has 0 aromatic carbocycles. The number of carbonyl (C=O) groups is 1. The molecule has 0 spiro atoms. The first-order chi connectivity index (χ1) is 7.54. The molecule has 0 aliphatic rings. The monoisotopic (exact) mass is 243 g/mol. The molecule has 1 unspecified atom stereocenters. The first-order valence-electron chi connectivity index (χ1n) is 5.24. The minimum absolute atomic E-state index is 0.00292. The maximum absolute atomic E-state index is 11.5. The van der Waals surface area contributed by atoms with Crippen LogP contribution >= 0.6 is 12.2 Å². The quantitative estimate of drug-likeness (QED) is 0.668. The Morgan fingerprint density at radius 3 is 2.94 bits per heavy atom. The number of hydrogen-bond donors (Lipinski definition) is 3. The highest BCUT2D eigenvalue weighted by molar-refractivity contribution is 7.71. The van der Waals surface area contributed by atoms with Gasteiger partial charge in [0.25, 0.3) is 0 Å². The lowest BCUT2D eigenvalue weighted by Gasteiger charge is -2.11. The molecule has 1 aromatic rings. The van der Waals surface area contributed by atoms with Gasteiger partial charge in [-0.15, -0.1) is 5.10 Å². The molecule has 1 aromatic heterocycles. The zero-order valence-corrected chi connectivity index (χ0v) is 10.3. The predicted molar refractivity (Wildman–Crippen MR) is 64.3 cm³/mol. The third-order valence-electron chi connectivity index (χ3n) is 2.37. The molecule has 0 aliphatic carbocycles. The highest BCUT2D eigenvalue weighted by atomic mass is 32.1. The molecule has 0 saturated carbocycles. The zero-order valence-electron chi connectivity index (χ0n) is 9.49. The van der Waals surface area contributed by atoms with Gasteiger partial charge < -0.3 is 11.1 Å². The van der Waals surface area contributed by atoms with E-state index in [1.807, 2.05) is 13.8 Å². The summed E-state index contributed by atoms with van der Waals surface area (Å²) < 4.78 is 2.04. The van der Waals surface area contributed by atoms with Gasteiger partial charge in [0, 0.05) is 19.0 Å².